The summed E-state index contributed by atoms with van der Waals surface area (Å²) in [6.07, 6.45) is 1.75. The molecule has 0 aliphatic carbocycles. The van der Waals surface area contributed by atoms with Crippen LogP contribution in [0, 0.1) is 5.82 Å². The Morgan fingerprint density at radius 1 is 1.31 bits per heavy atom. The van der Waals surface area contributed by atoms with E-state index in [2.05, 4.69) is 12.2 Å². The third kappa shape index (κ3) is 4.29. The number of hydrogen-bond donors (Lipinski definition) is 2. The van der Waals surface area contributed by atoms with E-state index in [0.29, 0.717) is 0 Å². The molecule has 0 saturated heterocycles. The fourth-order valence-corrected chi connectivity index (χ4v) is 1.73. The number of hydrogen-bond acceptors (Lipinski definition) is 2. The Morgan fingerprint density at radius 2 is 1.94 bits per heavy atom. The predicted octanol–water partition coefficient (Wildman–Crippen LogP) is 2.12. The van der Waals surface area contributed by atoms with E-state index in [1.54, 1.807) is 12.1 Å². The summed E-state index contributed by atoms with van der Waals surface area (Å²) < 4.78 is 12.7. The van der Waals surface area contributed by atoms with Gasteiger partial charge in [-0.15, -0.1) is 0 Å². The molecule has 0 aliphatic heterocycles. The average Bonchev–Trinajstić information content (AvgIpc) is 2.29. The van der Waals surface area contributed by atoms with E-state index in [9.17, 15) is 4.39 Å². The first-order chi connectivity index (χ1) is 7.65. The first kappa shape index (κ1) is 13.1. The Balaban J connectivity index is 2.44. The van der Waals surface area contributed by atoms with Gasteiger partial charge in [-0.2, -0.15) is 0 Å². The van der Waals surface area contributed by atoms with Crippen molar-refractivity contribution in [2.24, 2.45) is 0 Å². The van der Waals surface area contributed by atoms with Crippen LogP contribution in [0.5, 0.6) is 0 Å². The zero-order valence-electron chi connectivity index (χ0n) is 9.91. The molecule has 0 amide bonds. The minimum atomic E-state index is -0.203. The van der Waals surface area contributed by atoms with E-state index in [4.69, 9.17) is 5.11 Å². The minimum Gasteiger partial charge on any atom is -0.395 e. The molecule has 2 atom stereocenters. The maximum atomic E-state index is 12.7. The van der Waals surface area contributed by atoms with Crippen LogP contribution in [0.1, 0.15) is 25.8 Å². The Hall–Kier alpha value is -0.930. The monoisotopic (exact) mass is 225 g/mol. The molecule has 1 rings (SSSR count). The molecular formula is C13H20FNO. The van der Waals surface area contributed by atoms with Crippen LogP contribution >= 0.6 is 0 Å². The lowest BCUT2D eigenvalue weighted by molar-refractivity contribution is 0.229. The Kier molecular flexibility index (Phi) is 5.43. The van der Waals surface area contributed by atoms with Crippen LogP contribution in [0.2, 0.25) is 0 Å². The van der Waals surface area contributed by atoms with Gasteiger partial charge in [0.1, 0.15) is 5.82 Å². The molecule has 2 unspecified atom stereocenters. The molecule has 0 saturated carbocycles. The van der Waals surface area contributed by atoms with Crippen LogP contribution in [0.15, 0.2) is 24.3 Å². The first-order valence-electron chi connectivity index (χ1n) is 5.77. The molecule has 90 valence electrons. The molecule has 0 fully saturated rings. The lowest BCUT2D eigenvalue weighted by Crippen LogP contribution is -2.39. The van der Waals surface area contributed by atoms with E-state index < -0.39 is 0 Å². The highest BCUT2D eigenvalue weighted by Gasteiger charge is 2.09. The summed E-state index contributed by atoms with van der Waals surface area (Å²) in [7, 11) is 0. The van der Waals surface area contributed by atoms with Crippen molar-refractivity contribution in [3.05, 3.63) is 35.6 Å². The van der Waals surface area contributed by atoms with Crippen LogP contribution in [0.25, 0.3) is 0 Å². The van der Waals surface area contributed by atoms with Crippen molar-refractivity contribution < 1.29 is 9.50 Å². The molecule has 16 heavy (non-hydrogen) atoms. The third-order valence-corrected chi connectivity index (χ3v) is 2.69. The van der Waals surface area contributed by atoms with Crippen LogP contribution in [0.4, 0.5) is 4.39 Å². The van der Waals surface area contributed by atoms with E-state index >= 15 is 0 Å². The summed E-state index contributed by atoms with van der Waals surface area (Å²) in [4.78, 5) is 0. The number of halogens is 1. The Bertz CT molecular complexity index is 295. The average molecular weight is 225 g/mol. The highest BCUT2D eigenvalue weighted by molar-refractivity contribution is 5.17. The van der Waals surface area contributed by atoms with Gasteiger partial charge in [-0.25, -0.2) is 4.39 Å². The molecule has 2 N–H and O–H groups in total. The van der Waals surface area contributed by atoms with Crippen molar-refractivity contribution in [2.45, 2.75) is 38.8 Å². The maximum absolute atomic E-state index is 12.7. The number of aliphatic hydroxyl groups excluding tert-OH is 1. The molecule has 0 spiro atoms. The Morgan fingerprint density at radius 3 is 2.44 bits per heavy atom. The number of aliphatic hydroxyl groups is 1. The highest BCUT2D eigenvalue weighted by atomic mass is 19.1. The normalized spacial score (nSPS) is 14.8. The van der Waals surface area contributed by atoms with Gasteiger partial charge in [0, 0.05) is 12.1 Å². The summed E-state index contributed by atoms with van der Waals surface area (Å²) in [5.41, 5.74) is 1.11. The molecular weight excluding hydrogens is 205 g/mol. The van der Waals surface area contributed by atoms with E-state index in [1.165, 1.54) is 12.1 Å². The lowest BCUT2D eigenvalue weighted by Gasteiger charge is -2.20. The van der Waals surface area contributed by atoms with Gasteiger partial charge in [0.15, 0.2) is 0 Å². The van der Waals surface area contributed by atoms with Crippen LogP contribution in [0.3, 0.4) is 0 Å². The summed E-state index contributed by atoms with van der Waals surface area (Å²) in [5.74, 6) is -0.203. The largest absolute Gasteiger partial charge is 0.395 e. The van der Waals surface area contributed by atoms with Gasteiger partial charge in [-0.05, 0) is 37.5 Å². The van der Waals surface area contributed by atoms with Gasteiger partial charge in [0.2, 0.25) is 0 Å². The SMILES string of the molecule is CCC(CO)NC(C)Cc1ccc(F)cc1. The van der Waals surface area contributed by atoms with Crippen molar-refractivity contribution in [2.75, 3.05) is 6.61 Å². The fourth-order valence-electron chi connectivity index (χ4n) is 1.73. The number of benzene rings is 1. The zero-order chi connectivity index (χ0) is 12.0. The number of rotatable bonds is 6. The van der Waals surface area contributed by atoms with Gasteiger partial charge in [0.05, 0.1) is 6.61 Å². The molecule has 1 aromatic rings. The zero-order valence-corrected chi connectivity index (χ0v) is 9.91. The van der Waals surface area contributed by atoms with Crippen LogP contribution in [-0.2, 0) is 6.42 Å². The Labute approximate surface area is 96.5 Å². The lowest BCUT2D eigenvalue weighted by atomic mass is 10.1. The second-order valence-corrected chi connectivity index (χ2v) is 4.19. The summed E-state index contributed by atoms with van der Waals surface area (Å²) in [6.45, 7) is 4.27. The molecule has 0 aliphatic rings. The molecule has 0 heterocycles. The quantitative estimate of drug-likeness (QED) is 0.777. The smallest absolute Gasteiger partial charge is 0.123 e. The topological polar surface area (TPSA) is 32.3 Å². The fraction of sp³-hybridized carbons (Fsp3) is 0.538. The van der Waals surface area contributed by atoms with E-state index in [-0.39, 0.29) is 24.5 Å². The number of nitrogens with one attached hydrogen (secondary N) is 1. The van der Waals surface area contributed by atoms with Crippen molar-refractivity contribution in [3.63, 3.8) is 0 Å². The third-order valence-electron chi connectivity index (χ3n) is 2.69. The predicted molar refractivity (Wildman–Crippen MR) is 63.9 cm³/mol. The molecule has 1 aromatic carbocycles. The van der Waals surface area contributed by atoms with Crippen molar-refractivity contribution in [1.29, 1.82) is 0 Å². The second-order valence-electron chi connectivity index (χ2n) is 4.19. The molecule has 0 radical (unpaired) electrons. The molecule has 0 aromatic heterocycles. The maximum Gasteiger partial charge on any atom is 0.123 e. The van der Waals surface area contributed by atoms with Crippen LogP contribution < -0.4 is 5.32 Å². The first-order valence-corrected chi connectivity index (χ1v) is 5.77. The molecule has 2 nitrogen and oxygen atoms in total. The van der Waals surface area contributed by atoms with Crippen LogP contribution in [-0.4, -0.2) is 23.8 Å². The van der Waals surface area contributed by atoms with E-state index in [1.807, 2.05) is 6.92 Å². The van der Waals surface area contributed by atoms with Gasteiger partial charge in [-0.3, -0.25) is 0 Å². The summed E-state index contributed by atoms with van der Waals surface area (Å²) >= 11 is 0. The van der Waals surface area contributed by atoms with Crippen molar-refractivity contribution in [3.8, 4) is 0 Å². The van der Waals surface area contributed by atoms with Gasteiger partial charge >= 0.3 is 0 Å². The standard InChI is InChI=1S/C13H20FNO/c1-3-13(9-16)15-10(2)8-11-4-6-12(14)7-5-11/h4-7,10,13,15-16H,3,8-9H2,1-2H3. The second kappa shape index (κ2) is 6.61. The van der Waals surface area contributed by atoms with Crippen molar-refractivity contribution >= 4 is 0 Å². The summed E-state index contributed by atoms with van der Waals surface area (Å²) in [6, 6.07) is 6.98. The summed E-state index contributed by atoms with van der Waals surface area (Å²) in [5, 5.41) is 12.4. The van der Waals surface area contributed by atoms with Gasteiger partial charge < -0.3 is 10.4 Å². The van der Waals surface area contributed by atoms with Gasteiger partial charge in [0.25, 0.3) is 0 Å². The van der Waals surface area contributed by atoms with Crippen molar-refractivity contribution in [1.82, 2.24) is 5.32 Å². The molecule has 0 bridgehead atoms. The van der Waals surface area contributed by atoms with E-state index in [0.717, 1.165) is 18.4 Å². The highest BCUT2D eigenvalue weighted by Crippen LogP contribution is 2.06. The van der Waals surface area contributed by atoms with Gasteiger partial charge in [-0.1, -0.05) is 19.1 Å². The minimum absolute atomic E-state index is 0.149. The molecule has 3 heteroatoms.